The predicted octanol–water partition coefficient (Wildman–Crippen LogP) is 7.88. The average molecular weight is 825 g/mol. The standard InChI is InChI=1S/C42H56N4O9S2/c1-6-56-57-42(14-8-9-15-42)26-55-40(50)46-32-22-36(34(52-5)20-29(32)38(48)44-16-12-13-31(44)39(46)49)54-18-11-7-10-17-53-35-21-30-28(19-33(35)51-4)37(47)45-25-41(2,3)23-27(45)24-43-30/h19-22,24,27,31,39,49H,6-18,23,25-26H2,1-5H3/t27-,31?,39?/m0/s1. The summed E-state index contributed by atoms with van der Waals surface area (Å²) in [7, 11) is 6.64. The van der Waals surface area contributed by atoms with E-state index in [0.717, 1.165) is 57.1 Å². The zero-order valence-electron chi connectivity index (χ0n) is 33.8. The molecule has 1 saturated carbocycles. The van der Waals surface area contributed by atoms with Crippen molar-refractivity contribution in [2.75, 3.05) is 57.8 Å². The normalized spacial score (nSPS) is 23.0. The van der Waals surface area contributed by atoms with Gasteiger partial charge in [0.2, 0.25) is 0 Å². The second-order valence-corrected chi connectivity index (χ2v) is 19.4. The number of carbonyl (C=O) groups excluding carboxylic acids is 3. The second-order valence-electron chi connectivity index (χ2n) is 16.4. The van der Waals surface area contributed by atoms with Gasteiger partial charge in [-0.05, 0) is 68.9 Å². The third kappa shape index (κ3) is 8.66. The minimum atomic E-state index is -1.28. The minimum absolute atomic E-state index is 0.0293. The van der Waals surface area contributed by atoms with Crippen LogP contribution in [0.1, 0.15) is 106 Å². The average Bonchev–Trinajstić information content (AvgIpc) is 3.94. The zero-order valence-corrected chi connectivity index (χ0v) is 35.4. The first-order valence-corrected chi connectivity index (χ1v) is 22.6. The summed E-state index contributed by atoms with van der Waals surface area (Å²) in [6.45, 7) is 8.62. The smallest absolute Gasteiger partial charge is 0.416 e. The van der Waals surface area contributed by atoms with Crippen LogP contribution < -0.4 is 23.8 Å². The van der Waals surface area contributed by atoms with E-state index >= 15 is 0 Å². The molecule has 2 saturated heterocycles. The molecule has 15 heteroatoms. The van der Waals surface area contributed by atoms with Gasteiger partial charge in [0, 0.05) is 37.2 Å². The Bertz CT molecular complexity index is 1850. The van der Waals surface area contributed by atoms with E-state index in [2.05, 4.69) is 25.8 Å². The fraction of sp³-hybridized carbons (Fsp3) is 0.619. The van der Waals surface area contributed by atoms with Gasteiger partial charge < -0.3 is 38.6 Å². The van der Waals surface area contributed by atoms with Crippen molar-refractivity contribution in [3.05, 3.63) is 35.4 Å². The van der Waals surface area contributed by atoms with Crippen LogP contribution in [0.2, 0.25) is 0 Å². The van der Waals surface area contributed by atoms with Gasteiger partial charge in [0.25, 0.3) is 11.8 Å². The largest absolute Gasteiger partial charge is 0.493 e. The number of ether oxygens (including phenoxy) is 5. The van der Waals surface area contributed by atoms with Gasteiger partial charge in [0.15, 0.2) is 29.2 Å². The van der Waals surface area contributed by atoms with Gasteiger partial charge in [0.1, 0.15) is 6.61 Å². The number of unbranched alkanes of at least 4 members (excludes halogenated alkanes) is 2. The van der Waals surface area contributed by atoms with Crippen molar-refractivity contribution in [2.45, 2.75) is 108 Å². The third-order valence-corrected chi connectivity index (χ3v) is 15.0. The first-order valence-electron chi connectivity index (χ1n) is 20.3. The number of anilines is 1. The number of benzene rings is 2. The number of aliphatic hydroxyl groups is 1. The van der Waals surface area contributed by atoms with Crippen molar-refractivity contribution in [3.63, 3.8) is 0 Å². The number of amides is 3. The molecule has 3 amide bonds. The summed E-state index contributed by atoms with van der Waals surface area (Å²) in [4.78, 5) is 50.9. The Kier molecular flexibility index (Phi) is 12.7. The second kappa shape index (κ2) is 17.6. The molecule has 4 heterocycles. The molecule has 0 radical (unpaired) electrons. The molecule has 4 aliphatic heterocycles. The van der Waals surface area contributed by atoms with E-state index in [-0.39, 0.29) is 45.9 Å². The summed E-state index contributed by atoms with van der Waals surface area (Å²) in [6.07, 6.45) is 8.40. The molecule has 2 unspecified atom stereocenters. The molecule has 0 bridgehead atoms. The van der Waals surface area contributed by atoms with E-state index in [1.807, 2.05) is 11.1 Å². The number of fused-ring (bicyclic) bond motifs is 4. The number of hydrogen-bond acceptors (Lipinski definition) is 12. The highest BCUT2D eigenvalue weighted by atomic mass is 33.1. The summed E-state index contributed by atoms with van der Waals surface area (Å²) < 4.78 is 29.5. The Hall–Kier alpha value is -3.82. The monoisotopic (exact) mass is 824 g/mol. The van der Waals surface area contributed by atoms with E-state index < -0.39 is 18.4 Å². The fourth-order valence-electron chi connectivity index (χ4n) is 8.78. The van der Waals surface area contributed by atoms with E-state index in [1.165, 1.54) is 12.0 Å². The van der Waals surface area contributed by atoms with Crippen LogP contribution in [0, 0.1) is 5.41 Å². The van der Waals surface area contributed by atoms with Crippen molar-refractivity contribution in [1.29, 1.82) is 0 Å². The molecule has 3 fully saturated rings. The number of carbonyl (C=O) groups is 3. The fourth-order valence-corrected chi connectivity index (χ4v) is 11.5. The molecule has 1 N–H and O–H groups in total. The Morgan fingerprint density at radius 1 is 0.895 bits per heavy atom. The highest BCUT2D eigenvalue weighted by Crippen LogP contribution is 2.48. The number of aliphatic imine (C=N–C) groups is 1. The number of hydrogen-bond donors (Lipinski definition) is 1. The van der Waals surface area contributed by atoms with Crippen molar-refractivity contribution < 1.29 is 43.2 Å². The Balaban J connectivity index is 0.990. The first-order chi connectivity index (χ1) is 27.5. The van der Waals surface area contributed by atoms with E-state index in [0.29, 0.717) is 73.4 Å². The van der Waals surface area contributed by atoms with Gasteiger partial charge >= 0.3 is 6.09 Å². The van der Waals surface area contributed by atoms with Crippen molar-refractivity contribution >= 4 is 57.1 Å². The maximum Gasteiger partial charge on any atom is 0.416 e. The molecule has 0 spiro atoms. The van der Waals surface area contributed by atoms with Gasteiger partial charge in [-0.3, -0.25) is 14.6 Å². The SMILES string of the molecule is CCSSC1(COC(=O)N2c3cc(OCCCCCOc4cc5c(cc4OC)C(=O)N4CC(C)(C)C[C@H]4C=N5)c(OC)cc3C(=O)N3CCCC3C2O)CCCC1. The zero-order chi connectivity index (χ0) is 40.3. The molecule has 13 nitrogen and oxygen atoms in total. The Morgan fingerprint density at radius 3 is 2.25 bits per heavy atom. The highest BCUT2D eigenvalue weighted by molar-refractivity contribution is 8.77. The molecule has 0 aromatic heterocycles. The lowest BCUT2D eigenvalue weighted by molar-refractivity contribution is 0.0484. The van der Waals surface area contributed by atoms with Gasteiger partial charge in [-0.1, -0.05) is 55.2 Å². The number of methoxy groups -OCH3 is 2. The van der Waals surface area contributed by atoms with Crippen LogP contribution in [-0.2, 0) is 4.74 Å². The minimum Gasteiger partial charge on any atom is -0.493 e. The third-order valence-electron chi connectivity index (χ3n) is 11.7. The molecule has 2 aromatic carbocycles. The lowest BCUT2D eigenvalue weighted by Crippen LogP contribution is -2.51. The topological polar surface area (TPSA) is 140 Å². The van der Waals surface area contributed by atoms with Crippen LogP contribution in [0.4, 0.5) is 16.2 Å². The van der Waals surface area contributed by atoms with Crippen molar-refractivity contribution in [2.24, 2.45) is 10.4 Å². The van der Waals surface area contributed by atoms with Crippen LogP contribution in [-0.4, -0.2) is 115 Å². The summed E-state index contributed by atoms with van der Waals surface area (Å²) >= 11 is 0. The molecule has 1 aliphatic carbocycles. The quantitative estimate of drug-likeness (QED) is 0.139. The molecule has 5 aliphatic rings. The highest BCUT2D eigenvalue weighted by Gasteiger charge is 2.46. The summed E-state index contributed by atoms with van der Waals surface area (Å²) in [5.41, 5.74) is 1.64. The van der Waals surface area contributed by atoms with Crippen LogP contribution in [0.25, 0.3) is 0 Å². The molecule has 3 atom stereocenters. The van der Waals surface area contributed by atoms with E-state index in [1.54, 1.807) is 57.9 Å². The summed E-state index contributed by atoms with van der Waals surface area (Å²) in [6, 6.07) is 6.17. The Labute approximate surface area is 343 Å². The number of aliphatic hydroxyl groups excluding tert-OH is 1. The van der Waals surface area contributed by atoms with Crippen LogP contribution >= 0.6 is 21.6 Å². The Morgan fingerprint density at radius 2 is 1.56 bits per heavy atom. The van der Waals surface area contributed by atoms with Gasteiger partial charge in [0.05, 0.1) is 66.8 Å². The molecule has 7 rings (SSSR count). The lowest BCUT2D eigenvalue weighted by atomic mass is 9.91. The number of rotatable bonds is 15. The van der Waals surface area contributed by atoms with Crippen molar-refractivity contribution in [1.82, 2.24) is 9.80 Å². The maximum atomic E-state index is 14.0. The molecule has 57 heavy (non-hydrogen) atoms. The summed E-state index contributed by atoms with van der Waals surface area (Å²) in [5.74, 6) is 2.40. The molecular weight excluding hydrogens is 769 g/mol. The molecule has 310 valence electrons. The molecule has 2 aromatic rings. The summed E-state index contributed by atoms with van der Waals surface area (Å²) in [5, 5.41) is 11.7. The molecular formula is C42H56N4O9S2. The van der Waals surface area contributed by atoms with Crippen molar-refractivity contribution in [3.8, 4) is 23.0 Å². The van der Waals surface area contributed by atoms with Gasteiger partial charge in [-0.2, -0.15) is 0 Å². The van der Waals surface area contributed by atoms with Crippen LogP contribution in [0.3, 0.4) is 0 Å². The van der Waals surface area contributed by atoms with Crippen LogP contribution in [0.5, 0.6) is 23.0 Å². The first kappa shape index (κ1) is 41.3. The predicted molar refractivity (Wildman–Crippen MR) is 223 cm³/mol. The van der Waals surface area contributed by atoms with E-state index in [4.69, 9.17) is 23.7 Å². The van der Waals surface area contributed by atoms with Gasteiger partial charge in [-0.15, -0.1) is 0 Å². The number of nitrogens with zero attached hydrogens (tertiary/aromatic N) is 4. The maximum absolute atomic E-state index is 14.0. The van der Waals surface area contributed by atoms with Gasteiger partial charge in [-0.25, -0.2) is 9.69 Å². The van der Waals surface area contributed by atoms with Crippen LogP contribution in [0.15, 0.2) is 29.3 Å². The van der Waals surface area contributed by atoms with E-state index in [9.17, 15) is 19.5 Å². The lowest BCUT2D eigenvalue weighted by Gasteiger charge is -2.33.